The number of azide groups is 1. The number of amides is 4. The van der Waals surface area contributed by atoms with Gasteiger partial charge >= 0.3 is 23.9 Å². The van der Waals surface area contributed by atoms with Crippen LogP contribution in [0.4, 0.5) is 10.5 Å². The van der Waals surface area contributed by atoms with Gasteiger partial charge in [-0.1, -0.05) is 5.11 Å². The van der Waals surface area contributed by atoms with Crippen molar-refractivity contribution in [2.24, 2.45) is 5.11 Å². The van der Waals surface area contributed by atoms with Gasteiger partial charge in [-0.2, -0.15) is 0 Å². The van der Waals surface area contributed by atoms with Crippen molar-refractivity contribution in [1.82, 2.24) is 20.9 Å². The first-order valence-electron chi connectivity index (χ1n) is 12.4. The maximum atomic E-state index is 12.8. The van der Waals surface area contributed by atoms with Gasteiger partial charge in [0.25, 0.3) is 11.8 Å². The number of hydrogen-bond acceptors (Lipinski definition) is 7. The molecule has 0 spiro atoms. The summed E-state index contributed by atoms with van der Waals surface area (Å²) in [6, 6.07) is 0.336. The molecular weight excluding hydrogens is 530 g/mol. The van der Waals surface area contributed by atoms with Gasteiger partial charge in [0.15, 0.2) is 0 Å². The summed E-state index contributed by atoms with van der Waals surface area (Å²) in [5, 5.41) is 37.7. The largest absolute Gasteiger partial charge is 0.481 e. The minimum absolute atomic E-state index is 0.00924. The number of hydrogen-bond donors (Lipinski definition) is 6. The molecule has 0 unspecified atom stereocenters. The fourth-order valence-corrected chi connectivity index (χ4v) is 3.58. The molecule has 1 aromatic carbocycles. The van der Waals surface area contributed by atoms with Crippen LogP contribution in [0.2, 0.25) is 0 Å². The molecule has 218 valence electrons. The van der Waals surface area contributed by atoms with Crippen molar-refractivity contribution in [3.63, 3.8) is 0 Å². The molecule has 0 aliphatic rings. The van der Waals surface area contributed by atoms with Gasteiger partial charge in [-0.05, 0) is 63.3 Å². The molecule has 6 N–H and O–H groups in total. The summed E-state index contributed by atoms with van der Waals surface area (Å²) in [6.07, 6.45) is -0.210. The van der Waals surface area contributed by atoms with Crippen molar-refractivity contribution in [2.45, 2.75) is 58.0 Å². The number of rotatable bonds is 17. The summed E-state index contributed by atoms with van der Waals surface area (Å²) in [5.41, 5.74) is 8.83. The van der Waals surface area contributed by atoms with Crippen LogP contribution in [-0.4, -0.2) is 87.7 Å². The van der Waals surface area contributed by atoms with E-state index in [1.165, 1.54) is 23.1 Å². The van der Waals surface area contributed by atoms with Gasteiger partial charge in [0.1, 0.15) is 12.1 Å². The standard InChI is InChI=1S/C24H33N7O9/c1-3-31(4-2)21(35)15-11-14(12-16(13-15)29-30-25)20(34)27-17(22(36)37)7-5-6-10-26-24(40)28-18(23(38)39)8-9-19(32)33/h11-13,17-18H,3-10H2,1-2H3,(H,27,34)(H,32,33)(H,36,37)(H,38,39)(H2,26,28,40)/t17-,18-/m0/s1. The molecule has 0 aliphatic heterocycles. The van der Waals surface area contributed by atoms with Gasteiger partial charge in [-0.3, -0.25) is 14.4 Å². The number of nitrogens with zero attached hydrogens (tertiary/aromatic N) is 4. The smallest absolute Gasteiger partial charge is 0.326 e. The maximum absolute atomic E-state index is 12.8. The number of carboxylic acid groups (broad SMARTS) is 3. The van der Waals surface area contributed by atoms with Crippen LogP contribution < -0.4 is 16.0 Å². The third kappa shape index (κ3) is 11.3. The van der Waals surface area contributed by atoms with E-state index in [1.54, 1.807) is 13.8 Å². The summed E-state index contributed by atoms with van der Waals surface area (Å²) < 4.78 is 0. The fraction of sp³-hybridized carbons (Fsp3) is 0.500. The Balaban J connectivity index is 2.75. The first-order valence-corrected chi connectivity index (χ1v) is 12.4. The number of unbranched alkanes of at least 4 members (excludes halogenated alkanes) is 1. The number of carbonyl (C=O) groups is 6. The van der Waals surface area contributed by atoms with Crippen molar-refractivity contribution in [3.05, 3.63) is 39.8 Å². The van der Waals surface area contributed by atoms with Crippen LogP contribution in [0.3, 0.4) is 0 Å². The predicted molar refractivity (Wildman–Crippen MR) is 140 cm³/mol. The lowest BCUT2D eigenvalue weighted by Crippen LogP contribution is -2.46. The third-order valence-electron chi connectivity index (χ3n) is 5.70. The molecular formula is C24H33N7O9. The highest BCUT2D eigenvalue weighted by molar-refractivity contribution is 6.02. The average Bonchev–Trinajstić information content (AvgIpc) is 2.90. The van der Waals surface area contributed by atoms with E-state index in [1.807, 2.05) is 0 Å². The summed E-state index contributed by atoms with van der Waals surface area (Å²) in [6.45, 7) is 4.43. The summed E-state index contributed by atoms with van der Waals surface area (Å²) in [5.74, 6) is -5.09. The van der Waals surface area contributed by atoms with Gasteiger partial charge in [-0.15, -0.1) is 0 Å². The predicted octanol–water partition coefficient (Wildman–Crippen LogP) is 2.08. The Morgan fingerprint density at radius 2 is 1.50 bits per heavy atom. The van der Waals surface area contributed by atoms with E-state index in [2.05, 4.69) is 26.0 Å². The zero-order valence-corrected chi connectivity index (χ0v) is 22.1. The lowest BCUT2D eigenvalue weighted by Gasteiger charge is -2.19. The van der Waals surface area contributed by atoms with E-state index in [0.29, 0.717) is 13.1 Å². The van der Waals surface area contributed by atoms with Crippen LogP contribution in [0, 0.1) is 0 Å². The van der Waals surface area contributed by atoms with E-state index in [0.717, 1.165) is 0 Å². The number of carbonyl (C=O) groups excluding carboxylic acids is 3. The lowest BCUT2D eigenvalue weighted by atomic mass is 10.1. The number of carboxylic acids is 3. The molecule has 16 heteroatoms. The number of nitrogens with one attached hydrogen (secondary N) is 3. The average molecular weight is 564 g/mol. The Hall–Kier alpha value is -4.85. The molecule has 0 aliphatic carbocycles. The van der Waals surface area contributed by atoms with Crippen molar-refractivity contribution in [3.8, 4) is 0 Å². The van der Waals surface area contributed by atoms with Crippen molar-refractivity contribution in [1.29, 1.82) is 0 Å². The van der Waals surface area contributed by atoms with Crippen molar-refractivity contribution >= 4 is 41.4 Å². The van der Waals surface area contributed by atoms with Gasteiger partial charge in [0.2, 0.25) is 0 Å². The monoisotopic (exact) mass is 563 g/mol. The van der Waals surface area contributed by atoms with Crippen LogP contribution in [0.1, 0.15) is 66.7 Å². The summed E-state index contributed by atoms with van der Waals surface area (Å²) in [7, 11) is 0. The van der Waals surface area contributed by atoms with Crippen molar-refractivity contribution in [2.75, 3.05) is 19.6 Å². The Kier molecular flexibility index (Phi) is 14.0. The topological polar surface area (TPSA) is 251 Å². The second-order valence-corrected chi connectivity index (χ2v) is 8.52. The first kappa shape index (κ1) is 33.2. The zero-order chi connectivity index (χ0) is 30.2. The highest BCUT2D eigenvalue weighted by Crippen LogP contribution is 2.20. The second kappa shape index (κ2) is 16.9. The quantitative estimate of drug-likeness (QED) is 0.0701. The van der Waals surface area contributed by atoms with E-state index in [9.17, 15) is 33.9 Å². The van der Waals surface area contributed by atoms with Crippen LogP contribution in [0.5, 0.6) is 0 Å². The number of benzene rings is 1. The number of aliphatic carboxylic acids is 3. The highest BCUT2D eigenvalue weighted by atomic mass is 16.4. The Bertz CT molecular complexity index is 1150. The molecule has 0 saturated carbocycles. The molecule has 0 heterocycles. The SMILES string of the molecule is CCN(CC)C(=O)c1cc(N=[N+]=[N-])cc(C(=O)N[C@@H](CCCCNC(=O)N[C@@H](CCC(=O)O)C(=O)O)C(=O)O)c1. The van der Waals surface area contributed by atoms with Crippen LogP contribution in [-0.2, 0) is 14.4 Å². The minimum Gasteiger partial charge on any atom is -0.481 e. The zero-order valence-electron chi connectivity index (χ0n) is 22.1. The molecule has 1 rings (SSSR count). The molecule has 0 radical (unpaired) electrons. The van der Waals surface area contributed by atoms with Gasteiger partial charge in [0.05, 0.1) is 0 Å². The lowest BCUT2D eigenvalue weighted by molar-refractivity contribution is -0.141. The Morgan fingerprint density at radius 1 is 0.900 bits per heavy atom. The minimum atomic E-state index is -1.39. The molecule has 0 bridgehead atoms. The van der Waals surface area contributed by atoms with Crippen LogP contribution in [0.25, 0.3) is 10.4 Å². The van der Waals surface area contributed by atoms with E-state index < -0.39 is 54.3 Å². The fourth-order valence-electron chi connectivity index (χ4n) is 3.58. The Morgan fingerprint density at radius 3 is 2.05 bits per heavy atom. The molecule has 4 amide bonds. The number of urea groups is 1. The normalized spacial score (nSPS) is 11.8. The summed E-state index contributed by atoms with van der Waals surface area (Å²) >= 11 is 0. The van der Waals surface area contributed by atoms with E-state index in [-0.39, 0.29) is 49.0 Å². The first-order chi connectivity index (χ1) is 18.9. The Labute approximate surface area is 229 Å². The van der Waals surface area contributed by atoms with Crippen LogP contribution >= 0.6 is 0 Å². The van der Waals surface area contributed by atoms with Gasteiger partial charge in [-0.25, -0.2) is 14.4 Å². The molecule has 40 heavy (non-hydrogen) atoms. The van der Waals surface area contributed by atoms with Crippen LogP contribution in [0.15, 0.2) is 23.3 Å². The highest BCUT2D eigenvalue weighted by Gasteiger charge is 2.23. The molecule has 0 aromatic heterocycles. The van der Waals surface area contributed by atoms with E-state index in [4.69, 9.17) is 15.7 Å². The molecule has 0 saturated heterocycles. The molecule has 2 atom stereocenters. The maximum Gasteiger partial charge on any atom is 0.326 e. The molecule has 0 fully saturated rings. The third-order valence-corrected chi connectivity index (χ3v) is 5.70. The van der Waals surface area contributed by atoms with E-state index >= 15 is 0 Å². The van der Waals surface area contributed by atoms with Gasteiger partial charge < -0.3 is 36.2 Å². The second-order valence-electron chi connectivity index (χ2n) is 8.52. The van der Waals surface area contributed by atoms with Crippen molar-refractivity contribution < 1.29 is 44.1 Å². The summed E-state index contributed by atoms with van der Waals surface area (Å²) in [4.78, 5) is 75.2. The molecule has 16 nitrogen and oxygen atoms in total. The van der Waals surface area contributed by atoms with Gasteiger partial charge in [0, 0.05) is 47.8 Å². The molecule has 1 aromatic rings.